The molecule has 1 aliphatic carbocycles. The Balaban J connectivity index is 1.08. The van der Waals surface area contributed by atoms with Crippen LogP contribution >= 0.6 is 0 Å². The van der Waals surface area contributed by atoms with Crippen LogP contribution in [0, 0.1) is 5.92 Å². The third-order valence-electron chi connectivity index (χ3n) is 12.6. The summed E-state index contributed by atoms with van der Waals surface area (Å²) in [6.07, 6.45) is 9.11. The summed E-state index contributed by atoms with van der Waals surface area (Å²) in [4.78, 5) is 65.1. The molecule has 0 spiro atoms. The number of hydrogen-bond acceptors (Lipinski definition) is 7. The molecular formula is C46H55N7O5. The third kappa shape index (κ3) is 8.13. The minimum Gasteiger partial charge on any atom is -0.508 e. The molecule has 3 saturated heterocycles. The number of piperazine rings is 2. The van der Waals surface area contributed by atoms with E-state index in [2.05, 4.69) is 11.5 Å². The Hall–Kier alpha value is -5.46. The maximum absolute atomic E-state index is 14.8. The summed E-state index contributed by atoms with van der Waals surface area (Å²) in [5.74, 6) is 0.321. The summed E-state index contributed by atoms with van der Waals surface area (Å²) in [6.45, 7) is 8.78. The van der Waals surface area contributed by atoms with Crippen molar-refractivity contribution in [3.8, 4) is 5.75 Å². The fourth-order valence-corrected chi connectivity index (χ4v) is 9.69. The summed E-state index contributed by atoms with van der Waals surface area (Å²) in [7, 11) is 1.94. The molecule has 2 atom stereocenters. The molecule has 4 aliphatic rings. The first-order valence-electron chi connectivity index (χ1n) is 20.9. The lowest BCUT2D eigenvalue weighted by atomic mass is 9.97. The molecule has 4 fully saturated rings. The first-order chi connectivity index (χ1) is 28.2. The van der Waals surface area contributed by atoms with Crippen LogP contribution in [0.3, 0.4) is 0 Å². The molecule has 1 aromatic heterocycles. The number of phenols is 1. The number of para-hydroxylation sites is 1. The molecule has 4 heterocycles. The number of fused-ring (bicyclic) bond motifs is 2. The Kier molecular flexibility index (Phi) is 11.7. The number of hydrazine groups is 1. The number of aryl methyl sites for hydroxylation is 2. The molecule has 3 aromatic carbocycles. The highest BCUT2D eigenvalue weighted by molar-refractivity contribution is 6.07. The zero-order valence-electron chi connectivity index (χ0n) is 33.5. The zero-order valence-corrected chi connectivity index (χ0v) is 33.5. The van der Waals surface area contributed by atoms with E-state index in [0.717, 1.165) is 53.1 Å². The van der Waals surface area contributed by atoms with Gasteiger partial charge in [0.2, 0.25) is 17.7 Å². The number of rotatable bonds is 12. The molecule has 12 nitrogen and oxygen atoms in total. The maximum atomic E-state index is 14.8. The van der Waals surface area contributed by atoms with Gasteiger partial charge in [0, 0.05) is 77.3 Å². The Bertz CT molecular complexity index is 2140. The Labute approximate surface area is 340 Å². The van der Waals surface area contributed by atoms with Gasteiger partial charge in [0.05, 0.1) is 24.2 Å². The van der Waals surface area contributed by atoms with Crippen LogP contribution in [0.4, 0.5) is 0 Å². The van der Waals surface area contributed by atoms with Gasteiger partial charge < -0.3 is 24.4 Å². The normalized spacial score (nSPS) is 20.9. The highest BCUT2D eigenvalue weighted by Crippen LogP contribution is 2.33. The molecular weight excluding hydrogens is 731 g/mol. The molecule has 3 aliphatic heterocycles. The number of aromatic nitrogens is 1. The number of carbonyl (C=O) groups is 4. The number of amides is 4. The fraction of sp³-hybridized carbons (Fsp3) is 0.435. The quantitative estimate of drug-likeness (QED) is 0.205. The van der Waals surface area contributed by atoms with E-state index in [-0.39, 0.29) is 61.9 Å². The third-order valence-corrected chi connectivity index (χ3v) is 12.6. The Morgan fingerprint density at radius 2 is 1.64 bits per heavy atom. The molecule has 4 aromatic rings. The molecule has 1 N–H and O–H groups in total. The predicted octanol–water partition coefficient (Wildman–Crippen LogP) is 4.82. The van der Waals surface area contributed by atoms with Gasteiger partial charge in [-0.25, -0.2) is 10.0 Å². The topological polar surface area (TPSA) is 113 Å². The lowest BCUT2D eigenvalue weighted by Crippen LogP contribution is -2.75. The highest BCUT2D eigenvalue weighted by Gasteiger charge is 2.51. The molecule has 4 amide bonds. The van der Waals surface area contributed by atoms with Crippen molar-refractivity contribution >= 4 is 34.5 Å². The van der Waals surface area contributed by atoms with Crippen molar-refractivity contribution < 1.29 is 24.3 Å². The SMILES string of the molecule is C=CCN1CC(=O)N2[C@@H](Cc3ccc(O)cc3)C(=O)N(Cc3cccc4c(C(=O)N5CCN(CC6CCCC6)CC5)cn(C)c34)C[C@@H]2N1C(=O)CCc1ccccc1. The molecule has 8 rings (SSSR count). The van der Waals surface area contributed by atoms with Crippen molar-refractivity contribution in [3.05, 3.63) is 114 Å². The summed E-state index contributed by atoms with van der Waals surface area (Å²) in [6, 6.07) is 21.5. The van der Waals surface area contributed by atoms with Gasteiger partial charge in [-0.1, -0.05) is 79.6 Å². The van der Waals surface area contributed by atoms with E-state index in [1.54, 1.807) is 50.2 Å². The van der Waals surface area contributed by atoms with Gasteiger partial charge in [0.1, 0.15) is 18.0 Å². The van der Waals surface area contributed by atoms with Crippen molar-refractivity contribution in [1.82, 2.24) is 34.2 Å². The average molecular weight is 786 g/mol. The molecule has 304 valence electrons. The summed E-state index contributed by atoms with van der Waals surface area (Å²) in [5.41, 5.74) is 4.22. The first kappa shape index (κ1) is 39.4. The van der Waals surface area contributed by atoms with Crippen molar-refractivity contribution in [2.24, 2.45) is 13.0 Å². The molecule has 58 heavy (non-hydrogen) atoms. The second kappa shape index (κ2) is 17.2. The van der Waals surface area contributed by atoms with E-state index in [1.807, 2.05) is 71.2 Å². The van der Waals surface area contributed by atoms with Crippen molar-refractivity contribution in [2.45, 2.75) is 63.7 Å². The number of aromatic hydroxyl groups is 1. The van der Waals surface area contributed by atoms with Crippen molar-refractivity contribution in [2.75, 3.05) is 52.4 Å². The molecule has 0 radical (unpaired) electrons. The van der Waals surface area contributed by atoms with E-state index >= 15 is 0 Å². The number of nitrogens with zero attached hydrogens (tertiary/aromatic N) is 7. The van der Waals surface area contributed by atoms with E-state index in [4.69, 9.17) is 0 Å². The van der Waals surface area contributed by atoms with Gasteiger partial charge in [-0.2, -0.15) is 0 Å². The summed E-state index contributed by atoms with van der Waals surface area (Å²) < 4.78 is 1.98. The van der Waals surface area contributed by atoms with Gasteiger partial charge in [0.15, 0.2) is 0 Å². The predicted molar refractivity (Wildman–Crippen MR) is 222 cm³/mol. The van der Waals surface area contributed by atoms with Gasteiger partial charge in [0.25, 0.3) is 5.91 Å². The number of benzene rings is 3. The van der Waals surface area contributed by atoms with Gasteiger partial charge in [-0.3, -0.25) is 24.1 Å². The molecule has 1 saturated carbocycles. The van der Waals surface area contributed by atoms with Crippen LogP contribution in [0.2, 0.25) is 0 Å². The van der Waals surface area contributed by atoms with Crippen LogP contribution in [0.25, 0.3) is 10.9 Å². The van der Waals surface area contributed by atoms with Crippen LogP contribution in [0.15, 0.2) is 91.6 Å². The lowest BCUT2D eigenvalue weighted by molar-refractivity contribution is -0.205. The minimum atomic E-state index is -0.886. The maximum Gasteiger partial charge on any atom is 0.256 e. The average Bonchev–Trinajstić information content (AvgIpc) is 3.87. The molecule has 0 unspecified atom stereocenters. The Morgan fingerprint density at radius 3 is 2.36 bits per heavy atom. The molecule has 12 heteroatoms. The van der Waals surface area contributed by atoms with Crippen LogP contribution in [0.1, 0.15) is 59.2 Å². The van der Waals surface area contributed by atoms with Crippen LogP contribution in [-0.4, -0.2) is 127 Å². The first-order valence-corrected chi connectivity index (χ1v) is 20.9. The van der Waals surface area contributed by atoms with Gasteiger partial charge in [-0.15, -0.1) is 6.58 Å². The number of hydrogen-bond donors (Lipinski definition) is 1. The van der Waals surface area contributed by atoms with Crippen LogP contribution < -0.4 is 0 Å². The van der Waals surface area contributed by atoms with E-state index in [0.29, 0.717) is 31.6 Å². The zero-order chi connectivity index (χ0) is 40.3. The van der Waals surface area contributed by atoms with E-state index < -0.39 is 12.2 Å². The standard InChI is InChI=1S/C46H55N7O5/c1-3-22-51-32-43(56)52-40(27-34-16-19-37(54)20-17-34)46(58)50(31-41(52)53(51)42(55)21-18-33-10-5-4-6-11-33)29-36-14-9-15-38-39(30-47(2)44(36)38)45(57)49-25-23-48(24-26-49)28-35-12-7-8-13-35/h3-6,9-11,14-17,19-20,30,35,40-41,54H,1,7-8,12-13,18,21-29,31-32H2,2H3/t40-,41-/m0/s1. The van der Waals surface area contributed by atoms with Crippen molar-refractivity contribution in [3.63, 3.8) is 0 Å². The van der Waals surface area contributed by atoms with Crippen molar-refractivity contribution in [1.29, 1.82) is 0 Å². The van der Waals surface area contributed by atoms with Gasteiger partial charge in [-0.05, 0) is 54.0 Å². The van der Waals surface area contributed by atoms with Gasteiger partial charge >= 0.3 is 0 Å². The molecule has 0 bridgehead atoms. The second-order valence-electron chi connectivity index (χ2n) is 16.5. The van der Waals surface area contributed by atoms with E-state index in [1.165, 1.54) is 25.7 Å². The lowest BCUT2D eigenvalue weighted by Gasteiger charge is -2.55. The number of carbonyl (C=O) groups excluding carboxylic acids is 4. The Morgan fingerprint density at radius 1 is 0.897 bits per heavy atom. The summed E-state index contributed by atoms with van der Waals surface area (Å²) >= 11 is 0. The second-order valence-corrected chi connectivity index (χ2v) is 16.5. The largest absolute Gasteiger partial charge is 0.508 e. The minimum absolute atomic E-state index is 0.0228. The van der Waals surface area contributed by atoms with Crippen LogP contribution in [0.5, 0.6) is 5.75 Å². The smallest absolute Gasteiger partial charge is 0.256 e. The highest BCUT2D eigenvalue weighted by atomic mass is 16.3. The fourth-order valence-electron chi connectivity index (χ4n) is 9.69. The number of phenolic OH excluding ortho intramolecular Hbond substituents is 1. The van der Waals surface area contributed by atoms with Crippen LogP contribution in [-0.2, 0) is 40.8 Å². The monoisotopic (exact) mass is 785 g/mol. The summed E-state index contributed by atoms with van der Waals surface area (Å²) in [5, 5.41) is 14.3. The van der Waals surface area contributed by atoms with E-state index in [9.17, 15) is 24.3 Å².